The number of carbonyl (C=O) groups is 1. The summed E-state index contributed by atoms with van der Waals surface area (Å²) in [6.07, 6.45) is 3.05. The molecular weight excluding hydrogens is 298 g/mol. The molecule has 2 rings (SSSR count). The molecule has 0 spiro atoms. The second kappa shape index (κ2) is 6.92. The minimum absolute atomic E-state index is 0.0345. The van der Waals surface area contributed by atoms with Crippen LogP contribution in [0.5, 0.6) is 5.75 Å². The third kappa shape index (κ3) is 3.10. The SMILES string of the molecule is CCC1(CC)c2cc(O)ccc2CC(SCCC(=O)O)C1[NH3+]. The van der Waals surface area contributed by atoms with E-state index in [1.807, 2.05) is 12.1 Å². The number of rotatable bonds is 6. The van der Waals surface area contributed by atoms with Crippen LogP contribution in [0.3, 0.4) is 0 Å². The zero-order chi connectivity index (χ0) is 16.3. The Hall–Kier alpha value is -1.20. The van der Waals surface area contributed by atoms with E-state index in [2.05, 4.69) is 19.6 Å². The van der Waals surface area contributed by atoms with E-state index in [1.54, 1.807) is 17.8 Å². The molecule has 0 saturated carbocycles. The van der Waals surface area contributed by atoms with E-state index in [0.717, 1.165) is 19.3 Å². The Morgan fingerprint density at radius 3 is 2.68 bits per heavy atom. The van der Waals surface area contributed by atoms with Gasteiger partial charge in [-0.15, -0.1) is 0 Å². The van der Waals surface area contributed by atoms with Gasteiger partial charge in [0.15, 0.2) is 0 Å². The number of phenols is 1. The van der Waals surface area contributed by atoms with E-state index in [1.165, 1.54) is 11.1 Å². The monoisotopic (exact) mass is 324 g/mol. The van der Waals surface area contributed by atoms with Crippen LogP contribution >= 0.6 is 11.8 Å². The second-order valence-corrected chi connectivity index (χ2v) is 7.42. The molecular formula is C17H26NO3S+. The Bertz CT molecular complexity index is 543. The highest BCUT2D eigenvalue weighted by Crippen LogP contribution is 2.45. The van der Waals surface area contributed by atoms with Crippen LogP contribution in [0.1, 0.15) is 44.2 Å². The second-order valence-electron chi connectivity index (χ2n) is 6.07. The fourth-order valence-electron chi connectivity index (χ4n) is 3.75. The lowest BCUT2D eigenvalue weighted by atomic mass is 9.63. The molecule has 22 heavy (non-hydrogen) atoms. The van der Waals surface area contributed by atoms with E-state index < -0.39 is 5.97 Å². The average Bonchev–Trinajstić information content (AvgIpc) is 2.49. The fraction of sp³-hybridized carbons (Fsp3) is 0.588. The number of hydrogen-bond donors (Lipinski definition) is 3. The van der Waals surface area contributed by atoms with Crippen molar-refractivity contribution in [3.05, 3.63) is 29.3 Å². The number of quaternary nitrogens is 1. The number of carboxylic acids is 1. The molecule has 0 fully saturated rings. The van der Waals surface area contributed by atoms with Crippen LogP contribution in [0.2, 0.25) is 0 Å². The molecule has 0 radical (unpaired) electrons. The molecule has 5 heteroatoms. The third-order valence-corrected chi connectivity index (χ3v) is 6.48. The van der Waals surface area contributed by atoms with Crippen LogP contribution in [0.25, 0.3) is 0 Å². The van der Waals surface area contributed by atoms with E-state index in [0.29, 0.717) is 16.8 Å². The van der Waals surface area contributed by atoms with Gasteiger partial charge in [-0.05, 0) is 42.5 Å². The van der Waals surface area contributed by atoms with Gasteiger partial charge < -0.3 is 15.9 Å². The summed E-state index contributed by atoms with van der Waals surface area (Å²) in [5.41, 5.74) is 6.92. The van der Waals surface area contributed by atoms with E-state index >= 15 is 0 Å². The first-order chi connectivity index (χ1) is 10.4. The van der Waals surface area contributed by atoms with Crippen molar-refractivity contribution >= 4 is 17.7 Å². The summed E-state index contributed by atoms with van der Waals surface area (Å²) in [5, 5.41) is 19.0. The number of aromatic hydroxyl groups is 1. The molecule has 122 valence electrons. The van der Waals surface area contributed by atoms with Crippen LogP contribution in [-0.2, 0) is 16.6 Å². The van der Waals surface area contributed by atoms with Crippen LogP contribution in [-0.4, -0.2) is 33.2 Å². The van der Waals surface area contributed by atoms with Crippen molar-refractivity contribution in [3.63, 3.8) is 0 Å². The third-order valence-electron chi connectivity index (χ3n) is 5.12. The van der Waals surface area contributed by atoms with Gasteiger partial charge >= 0.3 is 5.97 Å². The van der Waals surface area contributed by atoms with Gasteiger partial charge in [0.1, 0.15) is 11.8 Å². The van der Waals surface area contributed by atoms with Crippen LogP contribution < -0.4 is 5.73 Å². The van der Waals surface area contributed by atoms with Gasteiger partial charge in [-0.1, -0.05) is 19.9 Å². The Morgan fingerprint density at radius 2 is 2.09 bits per heavy atom. The highest BCUT2D eigenvalue weighted by Gasteiger charge is 2.47. The van der Waals surface area contributed by atoms with E-state index in [9.17, 15) is 9.90 Å². The van der Waals surface area contributed by atoms with Crippen molar-refractivity contribution in [3.8, 4) is 5.75 Å². The Morgan fingerprint density at radius 1 is 1.41 bits per heavy atom. The van der Waals surface area contributed by atoms with Gasteiger partial charge in [-0.2, -0.15) is 11.8 Å². The van der Waals surface area contributed by atoms with Gasteiger partial charge in [0.2, 0.25) is 0 Å². The summed E-state index contributed by atoms with van der Waals surface area (Å²) >= 11 is 1.73. The number of fused-ring (bicyclic) bond motifs is 1. The number of thioether (sulfide) groups is 1. The maximum absolute atomic E-state index is 10.7. The summed E-state index contributed by atoms with van der Waals surface area (Å²) in [5.74, 6) is 0.198. The summed E-state index contributed by atoms with van der Waals surface area (Å²) in [4.78, 5) is 10.7. The number of benzene rings is 1. The topological polar surface area (TPSA) is 85.2 Å². The average molecular weight is 324 g/mol. The minimum atomic E-state index is -0.744. The molecule has 1 aliphatic rings. The lowest BCUT2D eigenvalue weighted by Gasteiger charge is -2.44. The largest absolute Gasteiger partial charge is 0.508 e. The van der Waals surface area contributed by atoms with Gasteiger partial charge in [0, 0.05) is 11.2 Å². The maximum Gasteiger partial charge on any atom is 0.304 e. The van der Waals surface area contributed by atoms with Crippen molar-refractivity contribution in [2.45, 2.75) is 56.2 Å². The lowest BCUT2D eigenvalue weighted by molar-refractivity contribution is -0.439. The normalized spacial score (nSPS) is 23.0. The smallest absolute Gasteiger partial charge is 0.304 e. The van der Waals surface area contributed by atoms with Crippen molar-refractivity contribution in [1.82, 2.24) is 0 Å². The summed E-state index contributed by atoms with van der Waals surface area (Å²) in [6.45, 7) is 4.36. The maximum atomic E-state index is 10.7. The number of carboxylic acid groups (broad SMARTS) is 1. The highest BCUT2D eigenvalue weighted by molar-refractivity contribution is 7.99. The summed E-state index contributed by atoms with van der Waals surface area (Å²) in [7, 11) is 0. The number of phenolic OH excluding ortho intramolecular Hbond substituents is 1. The summed E-state index contributed by atoms with van der Waals surface area (Å²) < 4.78 is 0. The van der Waals surface area contributed by atoms with Gasteiger partial charge in [0.25, 0.3) is 0 Å². The van der Waals surface area contributed by atoms with Crippen molar-refractivity contribution < 1.29 is 20.7 Å². The first-order valence-electron chi connectivity index (χ1n) is 7.93. The quantitative estimate of drug-likeness (QED) is 0.749. The molecule has 2 atom stereocenters. The fourth-order valence-corrected chi connectivity index (χ4v) is 5.13. The molecule has 1 aromatic carbocycles. The molecule has 0 bridgehead atoms. The molecule has 0 amide bonds. The van der Waals surface area contributed by atoms with E-state index in [4.69, 9.17) is 5.11 Å². The van der Waals surface area contributed by atoms with Crippen molar-refractivity contribution in [1.29, 1.82) is 0 Å². The standard InChI is InChI=1S/C17H25NO3S/c1-3-17(4-2)13-10-12(19)6-5-11(13)9-14(16(17)18)22-8-7-15(20)21/h5-6,10,14,16,19H,3-4,7-9,18H2,1-2H3,(H,20,21)/p+1. The molecule has 5 N–H and O–H groups in total. The Labute approximate surface area is 136 Å². The first kappa shape index (κ1) is 17.2. The van der Waals surface area contributed by atoms with Crippen LogP contribution in [0.15, 0.2) is 18.2 Å². The van der Waals surface area contributed by atoms with Gasteiger partial charge in [-0.25, -0.2) is 0 Å². The predicted octanol–water partition coefficient (Wildman–Crippen LogP) is 2.19. The van der Waals surface area contributed by atoms with Gasteiger partial charge in [-0.3, -0.25) is 4.79 Å². The predicted molar refractivity (Wildman–Crippen MR) is 89.2 cm³/mol. The molecule has 2 unspecified atom stereocenters. The molecule has 1 aromatic rings. The number of hydrogen-bond acceptors (Lipinski definition) is 3. The molecule has 0 aromatic heterocycles. The first-order valence-corrected chi connectivity index (χ1v) is 8.98. The van der Waals surface area contributed by atoms with Crippen molar-refractivity contribution in [2.75, 3.05) is 5.75 Å². The Balaban J connectivity index is 2.32. The molecule has 0 aliphatic heterocycles. The molecule has 0 heterocycles. The Kier molecular flexibility index (Phi) is 5.40. The number of aliphatic carboxylic acids is 1. The van der Waals surface area contributed by atoms with Crippen molar-refractivity contribution in [2.24, 2.45) is 0 Å². The molecule has 4 nitrogen and oxygen atoms in total. The van der Waals surface area contributed by atoms with Crippen LogP contribution in [0, 0.1) is 0 Å². The zero-order valence-electron chi connectivity index (χ0n) is 13.3. The van der Waals surface area contributed by atoms with Gasteiger partial charge in [0.05, 0.1) is 11.7 Å². The minimum Gasteiger partial charge on any atom is -0.508 e. The zero-order valence-corrected chi connectivity index (χ0v) is 14.2. The van der Waals surface area contributed by atoms with Crippen LogP contribution in [0.4, 0.5) is 0 Å². The molecule has 1 aliphatic carbocycles. The highest BCUT2D eigenvalue weighted by atomic mass is 32.2. The molecule has 0 saturated heterocycles. The van der Waals surface area contributed by atoms with E-state index in [-0.39, 0.29) is 17.9 Å². The lowest BCUT2D eigenvalue weighted by Crippen LogP contribution is -2.75. The summed E-state index contributed by atoms with van der Waals surface area (Å²) in [6, 6.07) is 5.88.